The summed E-state index contributed by atoms with van der Waals surface area (Å²) in [5.74, 6) is 1.67. The molecule has 0 aromatic heterocycles. The van der Waals surface area contributed by atoms with Gasteiger partial charge in [0.05, 0.1) is 11.6 Å². The summed E-state index contributed by atoms with van der Waals surface area (Å²) in [6.07, 6.45) is 6.14. The molecule has 1 aromatic rings. The Kier molecular flexibility index (Phi) is 7.31. The number of benzene rings is 1. The molecule has 1 saturated heterocycles. The predicted octanol–water partition coefficient (Wildman–Crippen LogP) is 4.16. The average Bonchev–Trinajstić information content (AvgIpc) is 3.28. The second-order valence-corrected chi connectivity index (χ2v) is 9.11. The smallest absolute Gasteiger partial charge is 0.251 e. The fourth-order valence-electron chi connectivity index (χ4n) is 4.82. The van der Waals surface area contributed by atoms with E-state index in [0.717, 1.165) is 32.4 Å². The van der Waals surface area contributed by atoms with Gasteiger partial charge in [-0.25, -0.2) is 0 Å². The van der Waals surface area contributed by atoms with Crippen molar-refractivity contribution in [3.63, 3.8) is 0 Å². The highest BCUT2D eigenvalue weighted by atomic mass is 16.2. The quantitative estimate of drug-likeness (QED) is 0.720. The minimum Gasteiger partial charge on any atom is -0.351 e. The molecule has 1 N–H and O–H groups in total. The number of hydrogen-bond donors (Lipinski definition) is 1. The molecule has 1 aromatic carbocycles. The Hall–Kier alpha value is -2.61. The maximum absolute atomic E-state index is 12.7. The average molecular weight is 408 g/mol. The first-order chi connectivity index (χ1) is 14.4. The second kappa shape index (κ2) is 9.93. The minimum absolute atomic E-state index is 0.112. The zero-order valence-corrected chi connectivity index (χ0v) is 18.4. The number of carbonyl (C=O) groups is 2. The van der Waals surface area contributed by atoms with E-state index in [0.29, 0.717) is 47.8 Å². The predicted molar refractivity (Wildman–Crippen MR) is 118 cm³/mol. The van der Waals surface area contributed by atoms with Crippen molar-refractivity contribution in [1.29, 1.82) is 5.26 Å². The molecule has 0 radical (unpaired) electrons. The largest absolute Gasteiger partial charge is 0.351 e. The summed E-state index contributed by atoms with van der Waals surface area (Å²) < 4.78 is 0. The van der Waals surface area contributed by atoms with E-state index in [1.54, 1.807) is 24.3 Å². The number of rotatable bonds is 6. The van der Waals surface area contributed by atoms with Gasteiger partial charge in [-0.1, -0.05) is 25.5 Å². The van der Waals surface area contributed by atoms with Crippen molar-refractivity contribution >= 4 is 11.8 Å². The Labute approximate surface area is 180 Å². The third kappa shape index (κ3) is 5.30. The molecule has 3 unspecified atom stereocenters. The van der Waals surface area contributed by atoms with Gasteiger partial charge in [0.25, 0.3) is 5.91 Å². The standard InChI is InChI=1S/C25H33N3O2/c1-17(2)23-13-21(14-24(29)28-10-4-5-11-28)18(3)12-22(23)16-27-25(30)20-8-6-19(15-26)7-9-20/h6-9,12,17,21-23H,4-5,10-11,13-14,16H2,1-3H3,(H,27,30). The number of likely N-dealkylation sites (tertiary alicyclic amines) is 1. The monoisotopic (exact) mass is 407 g/mol. The van der Waals surface area contributed by atoms with E-state index in [9.17, 15) is 9.59 Å². The van der Waals surface area contributed by atoms with Gasteiger partial charge in [-0.2, -0.15) is 5.26 Å². The zero-order valence-electron chi connectivity index (χ0n) is 18.4. The molecule has 30 heavy (non-hydrogen) atoms. The van der Waals surface area contributed by atoms with Crippen LogP contribution in [0.5, 0.6) is 0 Å². The highest BCUT2D eigenvalue weighted by molar-refractivity contribution is 5.94. The molecule has 0 bridgehead atoms. The second-order valence-electron chi connectivity index (χ2n) is 9.11. The zero-order chi connectivity index (χ0) is 21.7. The molecule has 1 heterocycles. The van der Waals surface area contributed by atoms with Crippen LogP contribution in [-0.4, -0.2) is 36.3 Å². The Bertz CT molecular complexity index is 829. The third-order valence-electron chi connectivity index (χ3n) is 6.74. The van der Waals surface area contributed by atoms with E-state index < -0.39 is 0 Å². The number of allylic oxidation sites excluding steroid dienone is 1. The van der Waals surface area contributed by atoms with Crippen molar-refractivity contribution in [3.8, 4) is 6.07 Å². The Morgan fingerprint density at radius 3 is 2.47 bits per heavy atom. The SMILES string of the molecule is CC1=CC(CNC(=O)c2ccc(C#N)cc2)C(C(C)C)CC1CC(=O)N1CCCC1. The molecule has 1 fully saturated rings. The molecule has 2 aliphatic rings. The van der Waals surface area contributed by atoms with Crippen LogP contribution in [-0.2, 0) is 4.79 Å². The summed E-state index contributed by atoms with van der Waals surface area (Å²) in [6, 6.07) is 8.78. The molecule has 5 heteroatoms. The first kappa shape index (κ1) is 22.1. The molecule has 1 aliphatic carbocycles. The van der Waals surface area contributed by atoms with E-state index in [2.05, 4.69) is 38.2 Å². The van der Waals surface area contributed by atoms with E-state index in [4.69, 9.17) is 5.26 Å². The highest BCUT2D eigenvalue weighted by Gasteiger charge is 2.33. The van der Waals surface area contributed by atoms with E-state index in [1.807, 2.05) is 4.90 Å². The summed E-state index contributed by atoms with van der Waals surface area (Å²) in [4.78, 5) is 27.2. The summed E-state index contributed by atoms with van der Waals surface area (Å²) in [7, 11) is 0. The molecule has 5 nitrogen and oxygen atoms in total. The van der Waals surface area contributed by atoms with Crippen molar-refractivity contribution in [1.82, 2.24) is 10.2 Å². The van der Waals surface area contributed by atoms with Gasteiger partial charge in [0.15, 0.2) is 0 Å². The van der Waals surface area contributed by atoms with E-state index >= 15 is 0 Å². The summed E-state index contributed by atoms with van der Waals surface area (Å²) >= 11 is 0. The minimum atomic E-state index is -0.112. The molecule has 3 rings (SSSR count). The van der Waals surface area contributed by atoms with E-state index in [1.165, 1.54) is 5.57 Å². The fraction of sp³-hybridized carbons (Fsp3) is 0.560. The summed E-state index contributed by atoms with van der Waals surface area (Å²) in [5.41, 5.74) is 2.39. The fourth-order valence-corrected chi connectivity index (χ4v) is 4.82. The van der Waals surface area contributed by atoms with Gasteiger partial charge in [0.1, 0.15) is 0 Å². The third-order valence-corrected chi connectivity index (χ3v) is 6.74. The van der Waals surface area contributed by atoms with Crippen LogP contribution < -0.4 is 5.32 Å². The van der Waals surface area contributed by atoms with Crippen molar-refractivity contribution in [2.75, 3.05) is 19.6 Å². The van der Waals surface area contributed by atoms with Crippen LogP contribution in [0.2, 0.25) is 0 Å². The summed E-state index contributed by atoms with van der Waals surface area (Å²) in [5, 5.41) is 12.0. The molecule has 0 spiro atoms. The van der Waals surface area contributed by atoms with Crippen molar-refractivity contribution in [3.05, 3.63) is 47.0 Å². The molecule has 1 aliphatic heterocycles. The van der Waals surface area contributed by atoms with Crippen molar-refractivity contribution in [2.24, 2.45) is 23.7 Å². The number of hydrogen-bond acceptors (Lipinski definition) is 3. The van der Waals surface area contributed by atoms with Crippen molar-refractivity contribution < 1.29 is 9.59 Å². The number of nitriles is 1. The van der Waals surface area contributed by atoms with Gasteiger partial charge in [-0.15, -0.1) is 0 Å². The van der Waals surface area contributed by atoms with Gasteiger partial charge in [0, 0.05) is 31.6 Å². The number of nitrogens with one attached hydrogen (secondary N) is 1. The van der Waals surface area contributed by atoms with Gasteiger partial charge in [-0.05, 0) is 74.1 Å². The first-order valence-corrected chi connectivity index (χ1v) is 11.1. The van der Waals surface area contributed by atoms with Crippen LogP contribution in [0.15, 0.2) is 35.9 Å². The molecule has 160 valence electrons. The molecule has 2 amide bonds. The highest BCUT2D eigenvalue weighted by Crippen LogP contribution is 2.39. The van der Waals surface area contributed by atoms with E-state index in [-0.39, 0.29) is 11.8 Å². The molecule has 0 saturated carbocycles. The van der Waals surface area contributed by atoms with Gasteiger partial charge < -0.3 is 10.2 Å². The maximum Gasteiger partial charge on any atom is 0.251 e. The van der Waals surface area contributed by atoms with Crippen LogP contribution in [0.1, 0.15) is 62.4 Å². The summed E-state index contributed by atoms with van der Waals surface area (Å²) in [6.45, 7) is 9.00. The Balaban J connectivity index is 1.63. The molecule has 3 atom stereocenters. The Morgan fingerprint density at radius 1 is 1.20 bits per heavy atom. The topological polar surface area (TPSA) is 73.2 Å². The lowest BCUT2D eigenvalue weighted by atomic mass is 9.69. The molecular weight excluding hydrogens is 374 g/mol. The van der Waals surface area contributed by atoms with Gasteiger partial charge in [0.2, 0.25) is 5.91 Å². The van der Waals surface area contributed by atoms with Crippen LogP contribution in [0.4, 0.5) is 0 Å². The van der Waals surface area contributed by atoms with Crippen LogP contribution >= 0.6 is 0 Å². The normalized spacial score (nSPS) is 23.8. The van der Waals surface area contributed by atoms with Gasteiger partial charge in [-0.3, -0.25) is 9.59 Å². The Morgan fingerprint density at radius 2 is 1.87 bits per heavy atom. The van der Waals surface area contributed by atoms with Crippen LogP contribution in [0, 0.1) is 35.0 Å². The van der Waals surface area contributed by atoms with Crippen LogP contribution in [0.3, 0.4) is 0 Å². The molecular formula is C25H33N3O2. The lowest BCUT2D eigenvalue weighted by Gasteiger charge is -2.37. The van der Waals surface area contributed by atoms with Crippen molar-refractivity contribution in [2.45, 2.75) is 46.5 Å². The first-order valence-electron chi connectivity index (χ1n) is 11.1. The van der Waals surface area contributed by atoms with Gasteiger partial charge >= 0.3 is 0 Å². The maximum atomic E-state index is 12.7. The lowest BCUT2D eigenvalue weighted by Crippen LogP contribution is -2.38. The van der Waals surface area contributed by atoms with Crippen LogP contribution in [0.25, 0.3) is 0 Å². The lowest BCUT2D eigenvalue weighted by molar-refractivity contribution is -0.131. The number of carbonyl (C=O) groups excluding carboxylic acids is 2. The number of amides is 2. The number of nitrogens with zero attached hydrogens (tertiary/aromatic N) is 2.